The highest BCUT2D eigenvalue weighted by Gasteiger charge is 2.14. The Morgan fingerprint density at radius 2 is 0.880 bits per heavy atom. The van der Waals surface area contributed by atoms with E-state index in [1.165, 1.54) is 0 Å². The molecule has 6 nitrogen and oxygen atoms in total. The van der Waals surface area contributed by atoms with Crippen LogP contribution in [0.3, 0.4) is 0 Å². The second-order valence-corrected chi connectivity index (χ2v) is 6.03. The van der Waals surface area contributed by atoms with E-state index in [-0.39, 0.29) is 25.0 Å². The fourth-order valence-corrected chi connectivity index (χ4v) is 2.25. The van der Waals surface area contributed by atoms with E-state index in [2.05, 4.69) is 0 Å². The summed E-state index contributed by atoms with van der Waals surface area (Å²) in [6.45, 7) is 8.27. The Morgan fingerprint density at radius 3 is 0.960 bits per heavy atom. The normalized spacial score (nSPS) is 9.92. The molecule has 0 aromatic carbocycles. The average molecular weight is 365 g/mol. The molecule has 0 saturated carbocycles. The van der Waals surface area contributed by atoms with Gasteiger partial charge >= 0.3 is 11.9 Å². The number of carbonyl (C=O) groups is 2. The fraction of sp³-hybridized carbons (Fsp3) is 0.895. The summed E-state index contributed by atoms with van der Waals surface area (Å²) in [5.41, 5.74) is 0. The van der Waals surface area contributed by atoms with E-state index < -0.39 is 11.9 Å². The van der Waals surface area contributed by atoms with E-state index in [4.69, 9.17) is 20.4 Å². The van der Waals surface area contributed by atoms with Gasteiger partial charge in [0.1, 0.15) is 0 Å². The van der Waals surface area contributed by atoms with Crippen molar-refractivity contribution in [2.75, 3.05) is 13.2 Å². The van der Waals surface area contributed by atoms with Crippen molar-refractivity contribution in [2.24, 2.45) is 11.8 Å². The first-order valence-electron chi connectivity index (χ1n) is 9.53. The second-order valence-electron chi connectivity index (χ2n) is 6.03. The van der Waals surface area contributed by atoms with Crippen LogP contribution in [-0.2, 0) is 9.59 Å². The third-order valence-corrected chi connectivity index (χ3v) is 3.56. The van der Waals surface area contributed by atoms with Crippen LogP contribution in [0.4, 0.5) is 0 Å². The lowest BCUT2D eigenvalue weighted by Gasteiger charge is -2.07. The van der Waals surface area contributed by atoms with Crippen molar-refractivity contribution < 1.29 is 30.0 Å². The van der Waals surface area contributed by atoms with Gasteiger partial charge in [-0.1, -0.05) is 53.4 Å². The van der Waals surface area contributed by atoms with Crippen molar-refractivity contribution in [1.82, 2.24) is 0 Å². The van der Waals surface area contributed by atoms with Crippen LogP contribution in [0.2, 0.25) is 0 Å². The van der Waals surface area contributed by atoms with E-state index in [1.54, 1.807) is 0 Å². The summed E-state index contributed by atoms with van der Waals surface area (Å²) in [7, 11) is 0. The van der Waals surface area contributed by atoms with E-state index >= 15 is 0 Å². The van der Waals surface area contributed by atoms with Gasteiger partial charge in [0, 0.05) is 13.2 Å². The largest absolute Gasteiger partial charge is 0.481 e. The molecule has 0 spiro atoms. The molecule has 0 aliphatic heterocycles. The van der Waals surface area contributed by atoms with Gasteiger partial charge in [0.05, 0.1) is 11.8 Å². The van der Waals surface area contributed by atoms with Crippen LogP contribution in [0.5, 0.6) is 0 Å². The Kier molecular flexibility index (Phi) is 26.2. The summed E-state index contributed by atoms with van der Waals surface area (Å²) in [6, 6.07) is 0. The van der Waals surface area contributed by atoms with Crippen molar-refractivity contribution in [2.45, 2.75) is 85.5 Å². The number of aliphatic hydroxyl groups excluding tert-OH is 2. The van der Waals surface area contributed by atoms with Gasteiger partial charge in [-0.3, -0.25) is 9.59 Å². The molecular formula is C19H40O6. The van der Waals surface area contributed by atoms with Gasteiger partial charge in [0.25, 0.3) is 0 Å². The summed E-state index contributed by atoms with van der Waals surface area (Å²) in [4.78, 5) is 21.0. The Bertz CT molecular complexity index is 254. The van der Waals surface area contributed by atoms with Crippen molar-refractivity contribution in [3.63, 3.8) is 0 Å². The monoisotopic (exact) mass is 364 g/mol. The molecule has 0 atom stereocenters. The summed E-state index contributed by atoms with van der Waals surface area (Å²) in [5.74, 6) is -1.47. The maximum atomic E-state index is 10.5. The zero-order valence-corrected chi connectivity index (χ0v) is 16.5. The molecule has 0 aromatic heterocycles. The predicted molar refractivity (Wildman–Crippen MR) is 101 cm³/mol. The van der Waals surface area contributed by atoms with E-state index in [9.17, 15) is 9.59 Å². The zero-order chi connectivity index (χ0) is 20.1. The van der Waals surface area contributed by atoms with E-state index in [0.29, 0.717) is 6.42 Å². The average Bonchev–Trinajstić information content (AvgIpc) is 2.56. The van der Waals surface area contributed by atoms with Crippen molar-refractivity contribution in [3.05, 3.63) is 0 Å². The van der Waals surface area contributed by atoms with Crippen LogP contribution in [0, 0.1) is 11.8 Å². The van der Waals surface area contributed by atoms with Gasteiger partial charge < -0.3 is 20.4 Å². The van der Waals surface area contributed by atoms with E-state index in [0.717, 1.165) is 51.4 Å². The number of carboxylic acid groups (broad SMARTS) is 2. The SMILES string of the molecule is CCCC(CCC)C(=O)O.CCCC(CCC)C(=O)O.OCCCO. The molecule has 0 heterocycles. The molecule has 0 amide bonds. The smallest absolute Gasteiger partial charge is 0.306 e. The molecule has 0 rings (SSSR count). The summed E-state index contributed by atoms with van der Waals surface area (Å²) in [5, 5.41) is 33.1. The molecule has 0 radical (unpaired) electrons. The standard InChI is InChI=1S/2C8H16O2.C3H8O2/c2*1-3-5-7(6-4-2)8(9)10;4-2-1-3-5/h2*7H,3-6H2,1-2H3,(H,9,10);4-5H,1-3H2. The summed E-state index contributed by atoms with van der Waals surface area (Å²) >= 11 is 0. The molecule has 0 bridgehead atoms. The lowest BCUT2D eigenvalue weighted by atomic mass is 9.99. The number of hydrogen-bond acceptors (Lipinski definition) is 4. The van der Waals surface area contributed by atoms with Crippen molar-refractivity contribution in [1.29, 1.82) is 0 Å². The molecule has 0 aliphatic carbocycles. The highest BCUT2D eigenvalue weighted by molar-refractivity contribution is 5.70. The Morgan fingerprint density at radius 1 is 0.640 bits per heavy atom. The Balaban J connectivity index is -0.000000308. The Labute approximate surface area is 153 Å². The number of rotatable bonds is 12. The highest BCUT2D eigenvalue weighted by atomic mass is 16.4. The van der Waals surface area contributed by atoms with Gasteiger partial charge in [0.2, 0.25) is 0 Å². The maximum Gasteiger partial charge on any atom is 0.306 e. The second kappa shape index (κ2) is 22.9. The highest BCUT2D eigenvalue weighted by Crippen LogP contribution is 2.13. The summed E-state index contributed by atoms with van der Waals surface area (Å²) < 4.78 is 0. The fourth-order valence-electron chi connectivity index (χ4n) is 2.25. The molecule has 25 heavy (non-hydrogen) atoms. The zero-order valence-electron chi connectivity index (χ0n) is 16.5. The lowest BCUT2D eigenvalue weighted by Crippen LogP contribution is -2.12. The van der Waals surface area contributed by atoms with E-state index in [1.807, 2.05) is 27.7 Å². The van der Waals surface area contributed by atoms with Crippen LogP contribution in [0.1, 0.15) is 85.5 Å². The molecule has 0 aliphatic rings. The molecule has 152 valence electrons. The van der Waals surface area contributed by atoms with Gasteiger partial charge in [0.15, 0.2) is 0 Å². The Hall–Kier alpha value is -1.14. The first-order chi connectivity index (χ1) is 11.9. The lowest BCUT2D eigenvalue weighted by molar-refractivity contribution is -0.143. The van der Waals surface area contributed by atoms with Crippen LogP contribution < -0.4 is 0 Å². The summed E-state index contributed by atoms with van der Waals surface area (Å²) in [6.07, 6.45) is 7.67. The molecule has 6 heteroatoms. The topological polar surface area (TPSA) is 115 Å². The van der Waals surface area contributed by atoms with Crippen molar-refractivity contribution >= 4 is 11.9 Å². The van der Waals surface area contributed by atoms with Gasteiger partial charge in [-0.05, 0) is 32.1 Å². The van der Waals surface area contributed by atoms with Gasteiger partial charge in [-0.2, -0.15) is 0 Å². The minimum absolute atomic E-state index is 0.0938. The first kappa shape index (κ1) is 28.7. The third kappa shape index (κ3) is 22.9. The van der Waals surface area contributed by atoms with Crippen LogP contribution in [0.15, 0.2) is 0 Å². The molecule has 0 aromatic rings. The van der Waals surface area contributed by atoms with Crippen LogP contribution in [-0.4, -0.2) is 45.6 Å². The molecular weight excluding hydrogens is 324 g/mol. The number of hydrogen-bond donors (Lipinski definition) is 4. The number of aliphatic hydroxyl groups is 2. The van der Waals surface area contributed by atoms with Crippen LogP contribution >= 0.6 is 0 Å². The molecule has 0 unspecified atom stereocenters. The third-order valence-electron chi connectivity index (χ3n) is 3.56. The molecule has 4 N–H and O–H groups in total. The minimum atomic E-state index is -0.635. The minimum Gasteiger partial charge on any atom is -0.481 e. The number of aliphatic carboxylic acids is 2. The quantitative estimate of drug-likeness (QED) is 0.417. The van der Waals surface area contributed by atoms with Crippen molar-refractivity contribution in [3.8, 4) is 0 Å². The first-order valence-corrected chi connectivity index (χ1v) is 9.53. The maximum absolute atomic E-state index is 10.5. The van der Waals surface area contributed by atoms with Crippen LogP contribution in [0.25, 0.3) is 0 Å². The van der Waals surface area contributed by atoms with Gasteiger partial charge in [-0.25, -0.2) is 0 Å². The number of carboxylic acids is 2. The molecule has 0 saturated heterocycles. The predicted octanol–water partition coefficient (Wildman–Crippen LogP) is 3.94. The molecule has 0 fully saturated rings. The van der Waals surface area contributed by atoms with Gasteiger partial charge in [-0.15, -0.1) is 0 Å².